The molecule has 0 radical (unpaired) electrons. The maximum Gasteiger partial charge on any atom is 0.335 e. The molecule has 1 aliphatic rings. The van der Waals surface area contributed by atoms with Gasteiger partial charge in [0, 0.05) is 0 Å². The monoisotopic (exact) mass is 204 g/mol. The fraction of sp³-hybridized carbons (Fsp3) is 0.462. The maximum atomic E-state index is 11.1. The molecule has 0 aromatic heterocycles. The SMILES string of the molecule is CC1(c2ccccc2C(=O)O)CCCC1. The third kappa shape index (κ3) is 1.76. The summed E-state index contributed by atoms with van der Waals surface area (Å²) < 4.78 is 0. The molecule has 1 fully saturated rings. The first-order valence-corrected chi connectivity index (χ1v) is 5.46. The first kappa shape index (κ1) is 10.2. The number of benzene rings is 1. The second-order valence-electron chi connectivity index (χ2n) is 4.62. The van der Waals surface area contributed by atoms with Gasteiger partial charge in [0.15, 0.2) is 0 Å². The summed E-state index contributed by atoms with van der Waals surface area (Å²) in [6.07, 6.45) is 4.64. The molecular weight excluding hydrogens is 188 g/mol. The van der Waals surface area contributed by atoms with E-state index in [1.54, 1.807) is 12.1 Å². The van der Waals surface area contributed by atoms with E-state index in [0.717, 1.165) is 18.4 Å². The van der Waals surface area contributed by atoms with Crippen LogP contribution in [0.1, 0.15) is 48.5 Å². The van der Waals surface area contributed by atoms with Crippen molar-refractivity contribution in [2.24, 2.45) is 0 Å². The minimum Gasteiger partial charge on any atom is -0.478 e. The van der Waals surface area contributed by atoms with Crippen molar-refractivity contribution >= 4 is 5.97 Å². The van der Waals surface area contributed by atoms with Gasteiger partial charge >= 0.3 is 5.97 Å². The van der Waals surface area contributed by atoms with Crippen molar-refractivity contribution < 1.29 is 9.90 Å². The van der Waals surface area contributed by atoms with Crippen LogP contribution in [0.3, 0.4) is 0 Å². The van der Waals surface area contributed by atoms with Gasteiger partial charge in [-0.15, -0.1) is 0 Å². The highest BCUT2D eigenvalue weighted by Gasteiger charge is 2.33. The van der Waals surface area contributed by atoms with Crippen LogP contribution < -0.4 is 0 Å². The highest BCUT2D eigenvalue weighted by molar-refractivity contribution is 5.89. The number of hydrogen-bond donors (Lipinski definition) is 1. The van der Waals surface area contributed by atoms with E-state index in [2.05, 4.69) is 6.92 Å². The lowest BCUT2D eigenvalue weighted by Gasteiger charge is -2.25. The van der Waals surface area contributed by atoms with Crippen molar-refractivity contribution in [3.8, 4) is 0 Å². The lowest BCUT2D eigenvalue weighted by molar-refractivity contribution is 0.0694. The van der Waals surface area contributed by atoms with Crippen molar-refractivity contribution in [2.75, 3.05) is 0 Å². The van der Waals surface area contributed by atoms with Crippen LogP contribution in [0.2, 0.25) is 0 Å². The second-order valence-corrected chi connectivity index (χ2v) is 4.62. The summed E-state index contributed by atoms with van der Waals surface area (Å²) >= 11 is 0. The smallest absolute Gasteiger partial charge is 0.335 e. The van der Waals surface area contributed by atoms with Crippen LogP contribution in [0, 0.1) is 0 Å². The van der Waals surface area contributed by atoms with Crippen molar-refractivity contribution in [2.45, 2.75) is 38.0 Å². The van der Waals surface area contributed by atoms with E-state index < -0.39 is 5.97 Å². The van der Waals surface area contributed by atoms with E-state index in [9.17, 15) is 4.79 Å². The molecule has 1 aromatic rings. The Labute approximate surface area is 89.9 Å². The highest BCUT2D eigenvalue weighted by Crippen LogP contribution is 2.41. The van der Waals surface area contributed by atoms with Crippen LogP contribution in [0.5, 0.6) is 0 Å². The van der Waals surface area contributed by atoms with Crippen molar-refractivity contribution in [3.63, 3.8) is 0 Å². The third-order valence-electron chi connectivity index (χ3n) is 3.51. The molecule has 2 nitrogen and oxygen atoms in total. The Kier molecular flexibility index (Phi) is 2.51. The summed E-state index contributed by atoms with van der Waals surface area (Å²) in [7, 11) is 0. The molecule has 0 amide bonds. The molecule has 0 heterocycles. The fourth-order valence-electron chi connectivity index (χ4n) is 2.62. The van der Waals surface area contributed by atoms with Crippen LogP contribution in [0.4, 0.5) is 0 Å². The van der Waals surface area contributed by atoms with E-state index in [0.29, 0.717) is 5.56 Å². The number of hydrogen-bond acceptors (Lipinski definition) is 1. The van der Waals surface area contributed by atoms with Crippen molar-refractivity contribution in [1.29, 1.82) is 0 Å². The van der Waals surface area contributed by atoms with Crippen LogP contribution in [-0.2, 0) is 5.41 Å². The van der Waals surface area contributed by atoms with E-state index in [-0.39, 0.29) is 5.41 Å². The lowest BCUT2D eigenvalue weighted by Crippen LogP contribution is -2.20. The van der Waals surface area contributed by atoms with Crippen LogP contribution in [0.15, 0.2) is 24.3 Å². The molecule has 0 bridgehead atoms. The fourth-order valence-corrected chi connectivity index (χ4v) is 2.62. The molecule has 15 heavy (non-hydrogen) atoms. The van der Waals surface area contributed by atoms with Gasteiger partial charge in [0.2, 0.25) is 0 Å². The van der Waals surface area contributed by atoms with E-state index in [4.69, 9.17) is 5.11 Å². The van der Waals surface area contributed by atoms with Gasteiger partial charge in [-0.25, -0.2) is 4.79 Å². The zero-order valence-electron chi connectivity index (χ0n) is 8.99. The van der Waals surface area contributed by atoms with E-state index in [1.165, 1.54) is 12.8 Å². The van der Waals surface area contributed by atoms with Crippen LogP contribution in [0.25, 0.3) is 0 Å². The Hall–Kier alpha value is -1.31. The first-order valence-electron chi connectivity index (χ1n) is 5.46. The quantitative estimate of drug-likeness (QED) is 0.803. The number of aromatic carboxylic acids is 1. The van der Waals surface area contributed by atoms with Crippen LogP contribution >= 0.6 is 0 Å². The standard InChI is InChI=1S/C13H16O2/c1-13(8-4-5-9-13)11-7-3-2-6-10(11)12(14)15/h2-3,6-7H,4-5,8-9H2,1H3,(H,14,15). The molecule has 0 atom stereocenters. The molecule has 2 heteroatoms. The number of carboxylic acid groups (broad SMARTS) is 1. The average molecular weight is 204 g/mol. The van der Waals surface area contributed by atoms with Gasteiger partial charge in [0.1, 0.15) is 0 Å². The van der Waals surface area contributed by atoms with Crippen molar-refractivity contribution in [3.05, 3.63) is 35.4 Å². The summed E-state index contributed by atoms with van der Waals surface area (Å²) in [5.74, 6) is -0.807. The van der Waals surface area contributed by atoms with Gasteiger partial charge in [-0.2, -0.15) is 0 Å². The first-order chi connectivity index (χ1) is 7.13. The van der Waals surface area contributed by atoms with Gasteiger partial charge < -0.3 is 5.11 Å². The number of carboxylic acids is 1. The molecule has 0 saturated heterocycles. The van der Waals surface area contributed by atoms with Crippen LogP contribution in [-0.4, -0.2) is 11.1 Å². The Morgan fingerprint density at radius 2 is 1.87 bits per heavy atom. The van der Waals surface area contributed by atoms with E-state index in [1.807, 2.05) is 12.1 Å². The molecule has 0 aliphatic heterocycles. The number of carbonyl (C=O) groups is 1. The Morgan fingerprint density at radius 3 is 2.47 bits per heavy atom. The van der Waals surface area contributed by atoms with E-state index >= 15 is 0 Å². The molecule has 0 spiro atoms. The van der Waals surface area contributed by atoms with Gasteiger partial charge in [0.25, 0.3) is 0 Å². The van der Waals surface area contributed by atoms with Gasteiger partial charge in [-0.3, -0.25) is 0 Å². The van der Waals surface area contributed by atoms with Gasteiger partial charge in [0.05, 0.1) is 5.56 Å². The molecule has 80 valence electrons. The Morgan fingerprint density at radius 1 is 1.27 bits per heavy atom. The number of rotatable bonds is 2. The predicted octanol–water partition coefficient (Wildman–Crippen LogP) is 3.22. The predicted molar refractivity (Wildman–Crippen MR) is 59.2 cm³/mol. The molecular formula is C13H16O2. The summed E-state index contributed by atoms with van der Waals surface area (Å²) in [4.78, 5) is 11.1. The third-order valence-corrected chi connectivity index (χ3v) is 3.51. The Balaban J connectivity index is 2.47. The topological polar surface area (TPSA) is 37.3 Å². The zero-order chi connectivity index (χ0) is 10.9. The average Bonchev–Trinajstić information content (AvgIpc) is 2.66. The molecule has 2 rings (SSSR count). The lowest BCUT2D eigenvalue weighted by atomic mass is 9.78. The summed E-state index contributed by atoms with van der Waals surface area (Å²) in [5, 5.41) is 9.14. The second kappa shape index (κ2) is 3.69. The molecule has 1 saturated carbocycles. The summed E-state index contributed by atoms with van der Waals surface area (Å²) in [6, 6.07) is 7.41. The normalized spacial score (nSPS) is 19.0. The zero-order valence-corrected chi connectivity index (χ0v) is 8.99. The minimum absolute atomic E-state index is 0.0784. The highest BCUT2D eigenvalue weighted by atomic mass is 16.4. The maximum absolute atomic E-state index is 11.1. The molecule has 0 unspecified atom stereocenters. The minimum atomic E-state index is -0.807. The van der Waals surface area contributed by atoms with Gasteiger partial charge in [-0.05, 0) is 29.9 Å². The largest absolute Gasteiger partial charge is 0.478 e. The van der Waals surface area contributed by atoms with Gasteiger partial charge in [-0.1, -0.05) is 38.0 Å². The summed E-state index contributed by atoms with van der Waals surface area (Å²) in [5.41, 5.74) is 1.56. The molecule has 1 N–H and O–H groups in total. The molecule has 1 aliphatic carbocycles. The summed E-state index contributed by atoms with van der Waals surface area (Å²) in [6.45, 7) is 2.18. The molecule has 1 aromatic carbocycles. The Bertz CT molecular complexity index is 376. The van der Waals surface area contributed by atoms with Crippen molar-refractivity contribution in [1.82, 2.24) is 0 Å².